The second-order valence-corrected chi connectivity index (χ2v) is 12.7. The summed E-state index contributed by atoms with van der Waals surface area (Å²) in [6.07, 6.45) is -5.05. The molecular formula is C37H34F6N6O3. The van der Waals surface area contributed by atoms with E-state index in [1.54, 1.807) is 37.3 Å². The third-order valence-corrected chi connectivity index (χ3v) is 9.09. The summed E-state index contributed by atoms with van der Waals surface area (Å²) in [5.74, 6) is -6.36. The zero-order valence-electron chi connectivity index (χ0n) is 27.9. The van der Waals surface area contributed by atoms with Gasteiger partial charge in [0.15, 0.2) is 0 Å². The normalized spacial score (nSPS) is 18.6. The van der Waals surface area contributed by atoms with Crippen LogP contribution in [0.1, 0.15) is 52.0 Å². The molecule has 2 unspecified atom stereocenters. The number of anilines is 1. The predicted molar refractivity (Wildman–Crippen MR) is 180 cm³/mol. The summed E-state index contributed by atoms with van der Waals surface area (Å²) in [5, 5.41) is 10.2. The molecule has 2 atom stereocenters. The number of likely N-dealkylation sites (N-methyl/N-ethyl adjacent to an activating group) is 1. The molecule has 2 aliphatic rings. The van der Waals surface area contributed by atoms with Crippen LogP contribution in [-0.2, 0) is 22.3 Å². The standard InChI is InChI=1S/C37H34F6N6O3/c1-3-48-34-30(28(46-49(34)27-10-5-4-6-11-27)19-44-32(50)22(2)20-47-17-16-36(39,40)21-47)29(23-12-14-26(38)15-13-23)31(35(48)52)45-33(51)24-8-7-9-25(18-24)37(41,42)43/h4-15,18,29,31H,2-3,16-17,19-21H2,1H3,(H,44,50)(H,45,51). The second kappa shape index (κ2) is 14.3. The van der Waals surface area contributed by atoms with Crippen molar-refractivity contribution in [1.29, 1.82) is 0 Å². The molecule has 2 N–H and O–H groups in total. The Hall–Kier alpha value is -5.44. The van der Waals surface area contributed by atoms with Gasteiger partial charge in [-0.3, -0.25) is 24.2 Å². The van der Waals surface area contributed by atoms with E-state index in [0.29, 0.717) is 28.7 Å². The number of hydrogen-bond acceptors (Lipinski definition) is 5. The van der Waals surface area contributed by atoms with E-state index in [2.05, 4.69) is 17.2 Å². The van der Waals surface area contributed by atoms with Gasteiger partial charge in [-0.05, 0) is 55.0 Å². The maximum Gasteiger partial charge on any atom is 0.416 e. The monoisotopic (exact) mass is 724 g/mol. The van der Waals surface area contributed by atoms with Gasteiger partial charge in [0.05, 0.1) is 30.0 Å². The minimum absolute atomic E-state index is 0.0423. The number of carbonyl (C=O) groups excluding carboxylic acids is 3. The van der Waals surface area contributed by atoms with Crippen molar-refractivity contribution in [2.24, 2.45) is 0 Å². The van der Waals surface area contributed by atoms with Gasteiger partial charge in [-0.1, -0.05) is 43.0 Å². The summed E-state index contributed by atoms with van der Waals surface area (Å²) in [6.45, 7) is 4.86. The lowest BCUT2D eigenvalue weighted by atomic mass is 9.80. The molecule has 3 heterocycles. The minimum Gasteiger partial charge on any atom is -0.347 e. The summed E-state index contributed by atoms with van der Waals surface area (Å²) < 4.78 is 83.9. The van der Waals surface area contributed by atoms with Crippen molar-refractivity contribution in [2.45, 2.75) is 43.9 Å². The van der Waals surface area contributed by atoms with Crippen LogP contribution < -0.4 is 15.5 Å². The molecule has 0 radical (unpaired) electrons. The number of alkyl halides is 5. The van der Waals surface area contributed by atoms with Gasteiger partial charge in [0.1, 0.15) is 17.7 Å². The fourth-order valence-corrected chi connectivity index (χ4v) is 6.62. The minimum atomic E-state index is -4.72. The number of hydrogen-bond donors (Lipinski definition) is 2. The highest BCUT2D eigenvalue weighted by atomic mass is 19.4. The van der Waals surface area contributed by atoms with E-state index in [1.165, 1.54) is 44.8 Å². The number of para-hydroxylation sites is 1. The molecule has 6 rings (SSSR count). The maximum absolute atomic E-state index is 14.4. The number of nitrogens with zero attached hydrogens (tertiary/aromatic N) is 4. The number of likely N-dealkylation sites (tertiary alicyclic amines) is 1. The molecule has 9 nitrogen and oxygen atoms in total. The van der Waals surface area contributed by atoms with Crippen molar-refractivity contribution >= 4 is 23.5 Å². The molecule has 272 valence electrons. The number of carbonyl (C=O) groups is 3. The van der Waals surface area contributed by atoms with Crippen LogP contribution >= 0.6 is 0 Å². The Labute approximate surface area is 294 Å². The predicted octanol–water partition coefficient (Wildman–Crippen LogP) is 5.84. The van der Waals surface area contributed by atoms with Gasteiger partial charge in [-0.2, -0.15) is 18.3 Å². The average Bonchev–Trinajstić information content (AvgIpc) is 3.66. The number of halogens is 6. The number of fused-ring (bicyclic) bond motifs is 1. The molecule has 15 heteroatoms. The Morgan fingerprint density at radius 1 is 1.02 bits per heavy atom. The summed E-state index contributed by atoms with van der Waals surface area (Å²) in [5.41, 5.74) is 0.219. The Morgan fingerprint density at radius 2 is 1.73 bits per heavy atom. The highest BCUT2D eigenvalue weighted by molar-refractivity contribution is 6.05. The summed E-state index contributed by atoms with van der Waals surface area (Å²) in [4.78, 5) is 44.1. The highest BCUT2D eigenvalue weighted by Crippen LogP contribution is 2.44. The molecule has 0 aliphatic carbocycles. The van der Waals surface area contributed by atoms with Crippen LogP contribution in [0.5, 0.6) is 0 Å². The van der Waals surface area contributed by atoms with Gasteiger partial charge in [0, 0.05) is 48.7 Å². The van der Waals surface area contributed by atoms with Crippen molar-refractivity contribution in [1.82, 2.24) is 25.3 Å². The van der Waals surface area contributed by atoms with Crippen LogP contribution in [0.2, 0.25) is 0 Å². The molecule has 0 spiro atoms. The second-order valence-electron chi connectivity index (χ2n) is 12.7. The number of aromatic nitrogens is 2. The van der Waals surface area contributed by atoms with Crippen molar-refractivity contribution in [3.05, 3.63) is 125 Å². The molecule has 1 saturated heterocycles. The molecule has 1 fully saturated rings. The number of nitrogens with one attached hydrogen (secondary N) is 2. The molecule has 3 aromatic carbocycles. The molecule has 3 amide bonds. The summed E-state index contributed by atoms with van der Waals surface area (Å²) in [7, 11) is 0. The van der Waals surface area contributed by atoms with Crippen molar-refractivity contribution in [2.75, 3.05) is 31.1 Å². The molecule has 0 saturated carbocycles. The Bertz CT molecular complexity index is 2000. The summed E-state index contributed by atoms with van der Waals surface area (Å²) in [6, 6.07) is 16.4. The van der Waals surface area contributed by atoms with Crippen LogP contribution in [-0.4, -0.2) is 70.5 Å². The Morgan fingerprint density at radius 3 is 2.37 bits per heavy atom. The molecule has 2 aliphatic heterocycles. The first-order chi connectivity index (χ1) is 24.7. The van der Waals surface area contributed by atoms with Gasteiger partial charge in [-0.25, -0.2) is 17.9 Å². The lowest BCUT2D eigenvalue weighted by molar-refractivity contribution is -0.137. The van der Waals surface area contributed by atoms with Gasteiger partial charge in [-0.15, -0.1) is 0 Å². The number of rotatable bonds is 10. The van der Waals surface area contributed by atoms with Crippen molar-refractivity contribution in [3.8, 4) is 5.69 Å². The topological polar surface area (TPSA) is 99.6 Å². The molecule has 1 aromatic heterocycles. The average molecular weight is 725 g/mol. The first-order valence-corrected chi connectivity index (χ1v) is 16.4. The lowest BCUT2D eigenvalue weighted by Gasteiger charge is -2.38. The molecule has 4 aromatic rings. The largest absolute Gasteiger partial charge is 0.416 e. The SMILES string of the molecule is C=C(CN1CCC(F)(F)C1)C(=O)NCc1nn(-c2ccccc2)c2c1C(c1ccc(F)cc1)C(NC(=O)c1cccc(C(F)(F)F)c1)C(=O)N2CC. The van der Waals surface area contributed by atoms with Crippen molar-refractivity contribution < 1.29 is 40.7 Å². The van der Waals surface area contributed by atoms with Gasteiger partial charge < -0.3 is 10.6 Å². The van der Waals surface area contributed by atoms with Crippen LogP contribution in [0.25, 0.3) is 5.69 Å². The Balaban J connectivity index is 1.42. The number of benzene rings is 3. The zero-order chi connectivity index (χ0) is 37.4. The quantitative estimate of drug-likeness (QED) is 0.158. The van der Waals surface area contributed by atoms with E-state index in [9.17, 15) is 40.7 Å². The van der Waals surface area contributed by atoms with E-state index in [4.69, 9.17) is 5.10 Å². The maximum atomic E-state index is 14.4. The zero-order valence-corrected chi connectivity index (χ0v) is 27.9. The third kappa shape index (κ3) is 7.45. The lowest BCUT2D eigenvalue weighted by Crippen LogP contribution is -2.55. The first-order valence-electron chi connectivity index (χ1n) is 16.4. The first kappa shape index (κ1) is 36.4. The fraction of sp³-hybridized carbons (Fsp3) is 0.297. The van der Waals surface area contributed by atoms with E-state index in [1.807, 2.05) is 0 Å². The molecule has 0 bridgehead atoms. The van der Waals surface area contributed by atoms with Gasteiger partial charge in [0.25, 0.3) is 17.7 Å². The van der Waals surface area contributed by atoms with Gasteiger partial charge >= 0.3 is 6.18 Å². The van der Waals surface area contributed by atoms with Crippen LogP contribution in [0.4, 0.5) is 32.2 Å². The Kier molecular flexibility index (Phi) is 9.99. The fourth-order valence-electron chi connectivity index (χ4n) is 6.62. The van der Waals surface area contributed by atoms with Crippen LogP contribution in [0.15, 0.2) is 91.0 Å². The van der Waals surface area contributed by atoms with E-state index in [0.717, 1.165) is 12.1 Å². The third-order valence-electron chi connectivity index (χ3n) is 9.09. The molecular weight excluding hydrogens is 690 g/mol. The van der Waals surface area contributed by atoms with E-state index >= 15 is 0 Å². The van der Waals surface area contributed by atoms with Crippen LogP contribution in [0, 0.1) is 5.82 Å². The highest BCUT2D eigenvalue weighted by Gasteiger charge is 2.46. The van der Waals surface area contributed by atoms with E-state index < -0.39 is 59.7 Å². The summed E-state index contributed by atoms with van der Waals surface area (Å²) >= 11 is 0. The van der Waals surface area contributed by atoms with Crippen LogP contribution in [0.3, 0.4) is 0 Å². The number of amides is 3. The van der Waals surface area contributed by atoms with Crippen molar-refractivity contribution in [3.63, 3.8) is 0 Å². The van der Waals surface area contributed by atoms with Gasteiger partial charge in [0.2, 0.25) is 5.91 Å². The molecule has 52 heavy (non-hydrogen) atoms. The smallest absolute Gasteiger partial charge is 0.347 e. The van der Waals surface area contributed by atoms with E-state index in [-0.39, 0.29) is 49.4 Å².